The Hall–Kier alpha value is -2.70. The van der Waals surface area contributed by atoms with Crippen LogP contribution < -0.4 is 16.8 Å². The molecule has 0 atom stereocenters. The van der Waals surface area contributed by atoms with Crippen molar-refractivity contribution < 1.29 is 4.39 Å². The van der Waals surface area contributed by atoms with Crippen LogP contribution in [0.25, 0.3) is 11.3 Å². The predicted octanol–water partition coefficient (Wildman–Crippen LogP) is 5.19. The van der Waals surface area contributed by atoms with E-state index in [9.17, 15) is 4.39 Å². The number of aromatic nitrogens is 2. The van der Waals surface area contributed by atoms with E-state index in [0.717, 1.165) is 54.6 Å². The molecule has 7 heteroatoms. The highest BCUT2D eigenvalue weighted by molar-refractivity contribution is 6.33. The fourth-order valence-corrected chi connectivity index (χ4v) is 4.27. The third-order valence-electron chi connectivity index (χ3n) is 5.85. The molecule has 1 aliphatic rings. The van der Waals surface area contributed by atoms with E-state index in [1.165, 1.54) is 12.1 Å². The molecule has 1 saturated carbocycles. The van der Waals surface area contributed by atoms with Crippen LogP contribution in [0.3, 0.4) is 0 Å². The highest BCUT2D eigenvalue weighted by Crippen LogP contribution is 2.32. The molecule has 0 amide bonds. The van der Waals surface area contributed by atoms with Crippen molar-refractivity contribution in [3.05, 3.63) is 70.8 Å². The minimum atomic E-state index is -0.273. The summed E-state index contributed by atoms with van der Waals surface area (Å²) in [6, 6.07) is 12.4. The van der Waals surface area contributed by atoms with Crippen LogP contribution in [-0.2, 0) is 13.0 Å². The molecule has 1 aliphatic carbocycles. The number of nitrogens with zero attached hydrogens (tertiary/aromatic N) is 2. The van der Waals surface area contributed by atoms with Crippen LogP contribution in [0.1, 0.15) is 36.9 Å². The van der Waals surface area contributed by atoms with E-state index in [2.05, 4.69) is 15.3 Å². The Morgan fingerprint density at radius 1 is 1.10 bits per heavy atom. The SMILES string of the molecule is Nc1ccc(-c2cc(CC3CCC(N)CC3)ncc2Cl)nc1NCc1cccc(F)c1. The molecule has 0 radical (unpaired) electrons. The van der Waals surface area contributed by atoms with Crippen LogP contribution >= 0.6 is 11.6 Å². The molecule has 0 saturated heterocycles. The van der Waals surface area contributed by atoms with Gasteiger partial charge in [-0.1, -0.05) is 23.7 Å². The third-order valence-corrected chi connectivity index (χ3v) is 6.15. The number of nitrogens with two attached hydrogens (primary N) is 2. The molecular formula is C24H27ClFN5. The topological polar surface area (TPSA) is 89.9 Å². The molecular weight excluding hydrogens is 413 g/mol. The van der Waals surface area contributed by atoms with Crippen molar-refractivity contribution in [3.63, 3.8) is 0 Å². The van der Waals surface area contributed by atoms with Crippen LogP contribution in [0.5, 0.6) is 0 Å². The second-order valence-corrected chi connectivity index (χ2v) is 8.67. The van der Waals surface area contributed by atoms with Crippen LogP contribution in [0.15, 0.2) is 48.7 Å². The molecule has 1 fully saturated rings. The summed E-state index contributed by atoms with van der Waals surface area (Å²) in [5.74, 6) is 0.867. The Bertz CT molecular complexity index is 1050. The maximum Gasteiger partial charge on any atom is 0.150 e. The van der Waals surface area contributed by atoms with Crippen molar-refractivity contribution in [3.8, 4) is 11.3 Å². The first kappa shape index (κ1) is 21.5. The van der Waals surface area contributed by atoms with Crippen LogP contribution in [0, 0.1) is 11.7 Å². The Labute approximate surface area is 187 Å². The number of hydrogen-bond acceptors (Lipinski definition) is 5. The van der Waals surface area contributed by atoms with E-state index < -0.39 is 0 Å². The van der Waals surface area contributed by atoms with E-state index >= 15 is 0 Å². The molecule has 0 aliphatic heterocycles. The van der Waals surface area contributed by atoms with Gasteiger partial charge in [0.15, 0.2) is 0 Å². The molecule has 3 aromatic rings. The summed E-state index contributed by atoms with van der Waals surface area (Å²) in [5.41, 5.74) is 16.0. The van der Waals surface area contributed by atoms with Crippen molar-refractivity contribution in [2.24, 2.45) is 11.7 Å². The average Bonchev–Trinajstić information content (AvgIpc) is 2.76. The van der Waals surface area contributed by atoms with Gasteiger partial charge in [0.05, 0.1) is 16.4 Å². The summed E-state index contributed by atoms with van der Waals surface area (Å²) in [7, 11) is 0. The zero-order valence-electron chi connectivity index (χ0n) is 17.3. The molecule has 1 aromatic carbocycles. The van der Waals surface area contributed by atoms with Gasteiger partial charge in [-0.05, 0) is 73.9 Å². The van der Waals surface area contributed by atoms with Gasteiger partial charge in [-0.2, -0.15) is 0 Å². The van der Waals surface area contributed by atoms with Crippen molar-refractivity contribution in [2.75, 3.05) is 11.1 Å². The minimum absolute atomic E-state index is 0.273. The fraction of sp³-hybridized carbons (Fsp3) is 0.333. The van der Waals surface area contributed by atoms with E-state index in [1.807, 2.05) is 18.2 Å². The second-order valence-electron chi connectivity index (χ2n) is 8.26. The van der Waals surface area contributed by atoms with Gasteiger partial charge in [0.1, 0.15) is 11.6 Å². The fourth-order valence-electron chi connectivity index (χ4n) is 4.07. The largest absolute Gasteiger partial charge is 0.396 e. The molecule has 0 spiro atoms. The third kappa shape index (κ3) is 5.51. The number of nitrogens with one attached hydrogen (secondary N) is 1. The van der Waals surface area contributed by atoms with Crippen LogP contribution in [0.4, 0.5) is 15.9 Å². The molecule has 2 aromatic heterocycles. The normalized spacial score (nSPS) is 18.7. The number of pyridine rings is 2. The van der Waals surface area contributed by atoms with Gasteiger partial charge in [-0.25, -0.2) is 9.37 Å². The van der Waals surface area contributed by atoms with E-state index in [-0.39, 0.29) is 5.82 Å². The lowest BCUT2D eigenvalue weighted by molar-refractivity contribution is 0.323. The minimum Gasteiger partial charge on any atom is -0.396 e. The van der Waals surface area contributed by atoms with E-state index in [1.54, 1.807) is 18.3 Å². The number of benzene rings is 1. The van der Waals surface area contributed by atoms with Gasteiger partial charge in [0, 0.05) is 30.0 Å². The Balaban J connectivity index is 1.52. The average molecular weight is 440 g/mol. The van der Waals surface area contributed by atoms with Crippen molar-refractivity contribution in [1.82, 2.24) is 9.97 Å². The Kier molecular flexibility index (Phi) is 6.68. The first-order chi connectivity index (χ1) is 15.0. The van der Waals surface area contributed by atoms with Gasteiger partial charge >= 0.3 is 0 Å². The monoisotopic (exact) mass is 439 g/mol. The highest BCUT2D eigenvalue weighted by Gasteiger charge is 2.20. The first-order valence-corrected chi connectivity index (χ1v) is 11.0. The predicted molar refractivity (Wildman–Crippen MR) is 124 cm³/mol. The molecule has 0 bridgehead atoms. The number of halogens is 2. The maximum absolute atomic E-state index is 13.4. The van der Waals surface area contributed by atoms with Gasteiger partial charge in [0.2, 0.25) is 0 Å². The van der Waals surface area contributed by atoms with E-state index in [0.29, 0.717) is 35.0 Å². The Morgan fingerprint density at radius 3 is 2.68 bits per heavy atom. The molecule has 162 valence electrons. The van der Waals surface area contributed by atoms with Crippen LogP contribution in [-0.4, -0.2) is 16.0 Å². The van der Waals surface area contributed by atoms with Crippen LogP contribution in [0.2, 0.25) is 5.02 Å². The molecule has 0 unspecified atom stereocenters. The standard InChI is InChI=1S/C24H27ClFN5/c25-21-14-29-19(11-15-4-6-18(27)7-5-15)12-20(21)23-9-8-22(28)24(31-23)30-13-16-2-1-3-17(26)10-16/h1-3,8-10,12,14-15,18H,4-7,11,13,27-28H2,(H,30,31). The summed E-state index contributed by atoms with van der Waals surface area (Å²) in [4.78, 5) is 9.22. The van der Waals surface area contributed by atoms with Crippen molar-refractivity contribution in [1.29, 1.82) is 0 Å². The van der Waals surface area contributed by atoms with Gasteiger partial charge in [0.25, 0.3) is 0 Å². The smallest absolute Gasteiger partial charge is 0.150 e. The number of nitrogen functional groups attached to an aromatic ring is 1. The first-order valence-electron chi connectivity index (χ1n) is 10.6. The molecule has 4 rings (SSSR count). The number of hydrogen-bond donors (Lipinski definition) is 3. The Morgan fingerprint density at radius 2 is 1.90 bits per heavy atom. The number of anilines is 2. The highest BCUT2D eigenvalue weighted by atomic mass is 35.5. The molecule has 5 nitrogen and oxygen atoms in total. The summed E-state index contributed by atoms with van der Waals surface area (Å²) in [5, 5.41) is 3.74. The van der Waals surface area contributed by atoms with Gasteiger partial charge in [-0.3, -0.25) is 4.98 Å². The summed E-state index contributed by atoms with van der Waals surface area (Å²) in [6.45, 7) is 0.414. The zero-order chi connectivity index (χ0) is 21.8. The maximum atomic E-state index is 13.4. The molecule has 5 N–H and O–H groups in total. The van der Waals surface area contributed by atoms with E-state index in [4.69, 9.17) is 23.1 Å². The lowest BCUT2D eigenvalue weighted by Gasteiger charge is -2.25. The summed E-state index contributed by atoms with van der Waals surface area (Å²) >= 11 is 6.46. The number of rotatable bonds is 6. The zero-order valence-corrected chi connectivity index (χ0v) is 18.1. The second kappa shape index (κ2) is 9.62. The van der Waals surface area contributed by atoms with Gasteiger partial charge in [-0.15, -0.1) is 0 Å². The lowest BCUT2D eigenvalue weighted by atomic mass is 9.83. The lowest BCUT2D eigenvalue weighted by Crippen LogP contribution is -2.27. The summed E-state index contributed by atoms with van der Waals surface area (Å²) < 4.78 is 13.4. The summed E-state index contributed by atoms with van der Waals surface area (Å²) in [6.07, 6.45) is 7.02. The van der Waals surface area contributed by atoms with Crippen molar-refractivity contribution >= 4 is 23.1 Å². The van der Waals surface area contributed by atoms with Gasteiger partial charge < -0.3 is 16.8 Å². The molecule has 31 heavy (non-hydrogen) atoms. The van der Waals surface area contributed by atoms with Crippen molar-refractivity contribution in [2.45, 2.75) is 44.7 Å². The quantitative estimate of drug-likeness (QED) is 0.491. The molecule has 2 heterocycles.